The lowest BCUT2D eigenvalue weighted by Crippen LogP contribution is -2.37. The van der Waals surface area contributed by atoms with Gasteiger partial charge in [-0.25, -0.2) is 0 Å². The summed E-state index contributed by atoms with van der Waals surface area (Å²) in [6, 6.07) is 0. The lowest BCUT2D eigenvalue weighted by molar-refractivity contribution is 0.463. The second-order valence-corrected chi connectivity index (χ2v) is 6.46. The van der Waals surface area contributed by atoms with Crippen molar-refractivity contribution in [1.82, 2.24) is 4.90 Å². The summed E-state index contributed by atoms with van der Waals surface area (Å²) < 4.78 is 0. The molecule has 2 aliphatic carbocycles. The van der Waals surface area contributed by atoms with Crippen molar-refractivity contribution in [3.63, 3.8) is 0 Å². The van der Waals surface area contributed by atoms with E-state index in [0.29, 0.717) is 0 Å². The van der Waals surface area contributed by atoms with Gasteiger partial charge in [-0.15, -0.1) is 12.4 Å². The molecule has 4 rings (SSSR count). The van der Waals surface area contributed by atoms with Crippen LogP contribution in [-0.4, -0.2) is 15.6 Å². The molecule has 2 aliphatic heterocycles. The van der Waals surface area contributed by atoms with E-state index >= 15 is 0 Å². The molecule has 0 atom stereocenters. The minimum Gasteiger partial charge on any atom is -0.297 e. The zero-order valence-corrected chi connectivity index (χ0v) is 12.4. The Labute approximate surface area is 119 Å². The van der Waals surface area contributed by atoms with Crippen LogP contribution in [0.4, 0.5) is 0 Å². The van der Waals surface area contributed by atoms with Crippen LogP contribution in [0.25, 0.3) is 0 Å². The molecule has 4 heteroatoms. The first kappa shape index (κ1) is 12.6. The van der Waals surface area contributed by atoms with Crippen molar-refractivity contribution in [3.8, 4) is 0 Å². The van der Waals surface area contributed by atoms with Gasteiger partial charge in [0.1, 0.15) is 0 Å². The van der Waals surface area contributed by atoms with Crippen molar-refractivity contribution in [2.24, 2.45) is 4.99 Å². The third-order valence-corrected chi connectivity index (χ3v) is 5.58. The second kappa shape index (κ2) is 4.31. The summed E-state index contributed by atoms with van der Waals surface area (Å²) in [5, 5.41) is 3.51. The molecule has 1 fully saturated rings. The summed E-state index contributed by atoms with van der Waals surface area (Å²) >= 11 is 1.82. The first-order valence-corrected chi connectivity index (χ1v) is 7.64. The monoisotopic (exact) mass is 282 g/mol. The lowest BCUT2D eigenvalue weighted by atomic mass is 9.86. The zero-order valence-electron chi connectivity index (χ0n) is 10.7. The molecule has 0 saturated heterocycles. The molecule has 4 aliphatic rings. The Bertz CT molecular complexity index is 472. The molecular weight excluding hydrogens is 264 g/mol. The molecule has 1 spiro atoms. The van der Waals surface area contributed by atoms with Crippen molar-refractivity contribution >= 4 is 29.3 Å². The molecule has 0 radical (unpaired) electrons. The van der Waals surface area contributed by atoms with Gasteiger partial charge in [0, 0.05) is 11.4 Å². The van der Waals surface area contributed by atoms with E-state index in [4.69, 9.17) is 4.99 Å². The number of thioether (sulfide) groups is 1. The van der Waals surface area contributed by atoms with Gasteiger partial charge < -0.3 is 0 Å². The highest BCUT2D eigenvalue weighted by atomic mass is 35.5. The van der Waals surface area contributed by atoms with E-state index in [9.17, 15) is 0 Å². The van der Waals surface area contributed by atoms with Gasteiger partial charge in [-0.3, -0.25) is 9.89 Å². The molecule has 0 aromatic heterocycles. The Morgan fingerprint density at radius 2 is 2.00 bits per heavy atom. The second-order valence-electron chi connectivity index (χ2n) is 5.62. The highest BCUT2D eigenvalue weighted by Crippen LogP contribution is 2.52. The summed E-state index contributed by atoms with van der Waals surface area (Å²) in [4.78, 5) is 7.59. The Hall–Kier alpha value is -0.410. The minimum absolute atomic E-state index is 0. The maximum atomic E-state index is 5.16. The molecule has 98 valence electrons. The summed E-state index contributed by atoms with van der Waals surface area (Å²) in [6.07, 6.45) is 9.22. The molecule has 0 aromatic rings. The Balaban J connectivity index is 0.000001000. The summed E-state index contributed by atoms with van der Waals surface area (Å²) in [5.41, 5.74) is 4.89. The van der Waals surface area contributed by atoms with Crippen LogP contribution in [0, 0.1) is 0 Å². The molecule has 0 aromatic carbocycles. The van der Waals surface area contributed by atoms with Crippen LogP contribution in [0.15, 0.2) is 27.4 Å². The largest absolute Gasteiger partial charge is 0.297 e. The van der Waals surface area contributed by atoms with Crippen LogP contribution in [-0.2, 0) is 0 Å². The van der Waals surface area contributed by atoms with Gasteiger partial charge in [0.25, 0.3) is 0 Å². The summed E-state index contributed by atoms with van der Waals surface area (Å²) in [7, 11) is 0. The number of fused-ring (bicyclic) bond motifs is 3. The minimum atomic E-state index is 0. The first-order chi connectivity index (χ1) is 8.30. The molecule has 0 amide bonds. The van der Waals surface area contributed by atoms with Crippen molar-refractivity contribution in [2.45, 2.75) is 57.4 Å². The third kappa shape index (κ3) is 1.53. The van der Waals surface area contributed by atoms with Gasteiger partial charge >= 0.3 is 0 Å². The number of aliphatic imine (C=N–C) groups is 1. The van der Waals surface area contributed by atoms with Gasteiger partial charge in [0.2, 0.25) is 0 Å². The van der Waals surface area contributed by atoms with E-state index in [1.807, 2.05) is 11.8 Å². The summed E-state index contributed by atoms with van der Waals surface area (Å²) in [5.74, 6) is 0. The molecular formula is C14H19ClN2S. The Morgan fingerprint density at radius 1 is 1.22 bits per heavy atom. The van der Waals surface area contributed by atoms with Gasteiger partial charge in [0.05, 0.1) is 5.54 Å². The van der Waals surface area contributed by atoms with Gasteiger partial charge in [-0.1, -0.05) is 24.6 Å². The first-order valence-electron chi connectivity index (χ1n) is 6.76. The highest BCUT2D eigenvalue weighted by molar-refractivity contribution is 8.16. The molecule has 0 unspecified atom stereocenters. The predicted octanol–water partition coefficient (Wildman–Crippen LogP) is 4.44. The van der Waals surface area contributed by atoms with E-state index < -0.39 is 0 Å². The SMILES string of the molecule is CC1=CSC2=NC3(CCCC3)C3=C(CCC3)N12.Cl. The van der Waals surface area contributed by atoms with Crippen LogP contribution in [0.3, 0.4) is 0 Å². The fourth-order valence-corrected chi connectivity index (χ4v) is 4.87. The average molecular weight is 283 g/mol. The van der Waals surface area contributed by atoms with Gasteiger partial charge in [0.15, 0.2) is 5.17 Å². The predicted molar refractivity (Wildman–Crippen MR) is 79.9 cm³/mol. The number of nitrogens with zero attached hydrogens (tertiary/aromatic N) is 2. The number of halogens is 1. The van der Waals surface area contributed by atoms with E-state index in [-0.39, 0.29) is 17.9 Å². The maximum absolute atomic E-state index is 5.16. The van der Waals surface area contributed by atoms with Crippen molar-refractivity contribution in [2.75, 3.05) is 0 Å². The third-order valence-electron chi connectivity index (χ3n) is 4.64. The lowest BCUT2D eigenvalue weighted by Gasteiger charge is -2.37. The van der Waals surface area contributed by atoms with Crippen LogP contribution >= 0.6 is 24.2 Å². The maximum Gasteiger partial charge on any atom is 0.173 e. The number of rotatable bonds is 0. The van der Waals surface area contributed by atoms with Crippen LogP contribution in [0.5, 0.6) is 0 Å². The van der Waals surface area contributed by atoms with Gasteiger partial charge in [-0.2, -0.15) is 0 Å². The quantitative estimate of drug-likeness (QED) is 0.653. The van der Waals surface area contributed by atoms with Crippen LogP contribution < -0.4 is 0 Å². The van der Waals surface area contributed by atoms with Gasteiger partial charge in [-0.05, 0) is 50.0 Å². The van der Waals surface area contributed by atoms with Crippen molar-refractivity contribution in [1.29, 1.82) is 0 Å². The molecule has 18 heavy (non-hydrogen) atoms. The highest BCUT2D eigenvalue weighted by Gasteiger charge is 2.46. The zero-order chi connectivity index (χ0) is 11.5. The van der Waals surface area contributed by atoms with Crippen LogP contribution in [0.1, 0.15) is 51.9 Å². The molecule has 2 heterocycles. The standard InChI is InChI=1S/C14H18N2S.ClH/c1-10-9-17-13-15-14(7-2-3-8-14)11-5-4-6-12(11)16(10)13;/h9H,2-8H2,1H3;1H. The number of amidine groups is 1. The molecule has 0 N–H and O–H groups in total. The fraction of sp³-hybridized carbons (Fsp3) is 0.643. The van der Waals surface area contributed by atoms with Crippen LogP contribution in [0.2, 0.25) is 0 Å². The molecule has 2 nitrogen and oxygen atoms in total. The van der Waals surface area contributed by atoms with E-state index in [0.717, 1.165) is 0 Å². The van der Waals surface area contributed by atoms with Crippen molar-refractivity contribution in [3.05, 3.63) is 22.4 Å². The normalized spacial score (nSPS) is 27.9. The Morgan fingerprint density at radius 3 is 2.78 bits per heavy atom. The average Bonchev–Trinajstić information content (AvgIpc) is 2.99. The Kier molecular flexibility index (Phi) is 3.02. The number of allylic oxidation sites excluding steroid dienone is 2. The number of hydrogen-bond donors (Lipinski definition) is 0. The summed E-state index contributed by atoms with van der Waals surface area (Å²) in [6.45, 7) is 2.21. The van der Waals surface area contributed by atoms with E-state index in [1.165, 1.54) is 55.8 Å². The topological polar surface area (TPSA) is 15.6 Å². The van der Waals surface area contributed by atoms with E-state index in [1.54, 1.807) is 11.3 Å². The molecule has 1 saturated carbocycles. The van der Waals surface area contributed by atoms with Crippen molar-refractivity contribution < 1.29 is 0 Å². The number of hydrogen-bond acceptors (Lipinski definition) is 3. The smallest absolute Gasteiger partial charge is 0.173 e. The van der Waals surface area contributed by atoms with E-state index in [2.05, 4.69) is 17.2 Å². The molecule has 0 bridgehead atoms. The fourth-order valence-electron chi connectivity index (χ4n) is 3.90.